The van der Waals surface area contributed by atoms with Crippen molar-refractivity contribution in [2.24, 2.45) is 0 Å². The first-order valence-corrected chi connectivity index (χ1v) is 7.00. The van der Waals surface area contributed by atoms with Crippen molar-refractivity contribution in [3.05, 3.63) is 41.2 Å². The van der Waals surface area contributed by atoms with E-state index in [1.165, 1.54) is 12.1 Å². The summed E-state index contributed by atoms with van der Waals surface area (Å²) in [4.78, 5) is 11.7. The fraction of sp³-hybridized carbons (Fsp3) is 0.308. The van der Waals surface area contributed by atoms with E-state index in [2.05, 4.69) is 14.9 Å². The minimum atomic E-state index is -0.352. The number of hydrogen-bond donors (Lipinski definition) is 1. The molecular formula is C13H14FN3O2S. The number of ether oxygens (including phenoxy) is 1. The molecule has 106 valence electrons. The van der Waals surface area contributed by atoms with Crippen molar-refractivity contribution in [2.75, 3.05) is 6.54 Å². The van der Waals surface area contributed by atoms with Crippen LogP contribution in [-0.4, -0.2) is 28.1 Å². The van der Waals surface area contributed by atoms with Gasteiger partial charge in [0.15, 0.2) is 5.69 Å². The van der Waals surface area contributed by atoms with Gasteiger partial charge in [-0.1, -0.05) is 17.5 Å². The lowest BCUT2D eigenvalue weighted by Crippen LogP contribution is -2.35. The van der Waals surface area contributed by atoms with Crippen LogP contribution >= 0.6 is 11.5 Å². The molecule has 0 saturated heterocycles. The molecule has 1 N–H and O–H groups in total. The van der Waals surface area contributed by atoms with Gasteiger partial charge in [-0.25, -0.2) is 4.39 Å². The maximum Gasteiger partial charge on any atom is 0.272 e. The van der Waals surface area contributed by atoms with Crippen LogP contribution in [0.1, 0.15) is 23.8 Å². The van der Waals surface area contributed by atoms with Gasteiger partial charge in [0.1, 0.15) is 17.7 Å². The normalized spacial score (nSPS) is 11.9. The zero-order valence-electron chi connectivity index (χ0n) is 10.9. The lowest BCUT2D eigenvalue weighted by molar-refractivity contribution is 0.0921. The molecule has 0 unspecified atom stereocenters. The van der Waals surface area contributed by atoms with Crippen LogP contribution in [0.25, 0.3) is 0 Å². The Labute approximate surface area is 119 Å². The number of aromatic nitrogens is 2. The van der Waals surface area contributed by atoms with Crippen LogP contribution in [0.4, 0.5) is 4.39 Å². The summed E-state index contributed by atoms with van der Waals surface area (Å²) in [6.07, 6.45) is 0.457. The first-order valence-electron chi connectivity index (χ1n) is 6.16. The lowest BCUT2D eigenvalue weighted by Gasteiger charge is -2.17. The number of nitrogens with zero attached hydrogens (tertiary/aromatic N) is 2. The Hall–Kier alpha value is -2.02. The summed E-state index contributed by atoms with van der Waals surface area (Å²) in [5.41, 5.74) is 0.288. The predicted molar refractivity (Wildman–Crippen MR) is 73.3 cm³/mol. The Kier molecular flexibility index (Phi) is 5.00. The average Bonchev–Trinajstić information content (AvgIpc) is 2.97. The molecule has 0 aliphatic rings. The van der Waals surface area contributed by atoms with E-state index in [4.69, 9.17) is 4.74 Å². The van der Waals surface area contributed by atoms with Crippen molar-refractivity contribution in [3.8, 4) is 5.75 Å². The second-order valence-electron chi connectivity index (χ2n) is 4.11. The fourth-order valence-electron chi connectivity index (χ4n) is 1.56. The van der Waals surface area contributed by atoms with Gasteiger partial charge in [-0.05, 0) is 30.1 Å². The van der Waals surface area contributed by atoms with Crippen LogP contribution in [0.3, 0.4) is 0 Å². The maximum atomic E-state index is 13.1. The molecule has 2 aromatic rings. The van der Waals surface area contributed by atoms with Crippen molar-refractivity contribution >= 4 is 17.4 Å². The van der Waals surface area contributed by atoms with E-state index in [1.54, 1.807) is 17.5 Å². The molecule has 0 saturated carbocycles. The van der Waals surface area contributed by atoms with Gasteiger partial charge in [-0.3, -0.25) is 4.79 Å². The van der Waals surface area contributed by atoms with E-state index in [0.717, 1.165) is 11.5 Å². The monoisotopic (exact) mass is 295 g/mol. The second-order valence-corrected chi connectivity index (χ2v) is 4.72. The molecule has 0 aliphatic heterocycles. The van der Waals surface area contributed by atoms with Gasteiger partial charge in [-0.15, -0.1) is 5.10 Å². The van der Waals surface area contributed by atoms with E-state index in [9.17, 15) is 9.18 Å². The van der Waals surface area contributed by atoms with E-state index < -0.39 is 0 Å². The zero-order valence-corrected chi connectivity index (χ0v) is 11.7. The van der Waals surface area contributed by atoms with Gasteiger partial charge in [0.25, 0.3) is 5.91 Å². The summed E-state index contributed by atoms with van der Waals surface area (Å²) < 4.78 is 22.3. The van der Waals surface area contributed by atoms with E-state index in [1.807, 2.05) is 6.92 Å². The highest BCUT2D eigenvalue weighted by Crippen LogP contribution is 2.14. The van der Waals surface area contributed by atoms with Gasteiger partial charge in [0, 0.05) is 11.4 Å². The third-order valence-electron chi connectivity index (χ3n) is 2.64. The number of carbonyl (C=O) groups is 1. The smallest absolute Gasteiger partial charge is 0.272 e. The molecule has 0 radical (unpaired) electrons. The molecule has 20 heavy (non-hydrogen) atoms. The highest BCUT2D eigenvalue weighted by Gasteiger charge is 2.13. The Bertz CT molecular complexity index is 563. The minimum Gasteiger partial charge on any atom is -0.489 e. The van der Waals surface area contributed by atoms with Gasteiger partial charge in [0.2, 0.25) is 0 Å². The Morgan fingerprint density at radius 2 is 2.40 bits per heavy atom. The topological polar surface area (TPSA) is 64.1 Å². The zero-order chi connectivity index (χ0) is 14.4. The van der Waals surface area contributed by atoms with Crippen LogP contribution < -0.4 is 10.1 Å². The SMILES string of the molecule is CC[C@@H](CNC(=O)c1csnn1)Oc1cccc(F)c1. The predicted octanol–water partition coefficient (Wildman–Crippen LogP) is 2.26. The van der Waals surface area contributed by atoms with Crippen molar-refractivity contribution < 1.29 is 13.9 Å². The lowest BCUT2D eigenvalue weighted by atomic mass is 10.2. The van der Waals surface area contributed by atoms with E-state index >= 15 is 0 Å². The molecule has 1 aromatic carbocycles. The minimum absolute atomic E-state index is 0.229. The Morgan fingerprint density at radius 1 is 1.55 bits per heavy atom. The van der Waals surface area contributed by atoms with Gasteiger partial charge in [-0.2, -0.15) is 0 Å². The van der Waals surface area contributed by atoms with Gasteiger partial charge in [0.05, 0.1) is 6.54 Å². The molecular weight excluding hydrogens is 281 g/mol. The molecule has 0 bridgehead atoms. The third-order valence-corrected chi connectivity index (χ3v) is 3.14. The second kappa shape index (κ2) is 6.95. The van der Waals surface area contributed by atoms with Crippen LogP contribution in [-0.2, 0) is 0 Å². The standard InChI is InChI=1S/C13H14FN3O2S/c1-2-10(19-11-5-3-4-9(14)6-11)7-15-13(18)12-8-20-17-16-12/h3-6,8,10H,2,7H2,1H3,(H,15,18)/t10-/m0/s1. The number of carbonyl (C=O) groups excluding carboxylic acids is 1. The highest BCUT2D eigenvalue weighted by molar-refractivity contribution is 7.03. The Morgan fingerprint density at radius 3 is 3.05 bits per heavy atom. The molecule has 1 amide bonds. The average molecular weight is 295 g/mol. The first-order chi connectivity index (χ1) is 9.69. The summed E-state index contributed by atoms with van der Waals surface area (Å²) in [5.74, 6) is -0.198. The van der Waals surface area contributed by atoms with Crippen molar-refractivity contribution in [3.63, 3.8) is 0 Å². The number of benzene rings is 1. The fourth-order valence-corrected chi connectivity index (χ4v) is 2.00. The number of amides is 1. The summed E-state index contributed by atoms with van der Waals surface area (Å²) in [7, 11) is 0. The molecule has 1 heterocycles. The first kappa shape index (κ1) is 14.4. The molecule has 7 heteroatoms. The van der Waals surface area contributed by atoms with Crippen LogP contribution in [0.2, 0.25) is 0 Å². The molecule has 2 rings (SSSR count). The van der Waals surface area contributed by atoms with Gasteiger partial charge < -0.3 is 10.1 Å². The van der Waals surface area contributed by atoms with E-state index in [0.29, 0.717) is 18.7 Å². The molecule has 1 aromatic heterocycles. The third kappa shape index (κ3) is 3.99. The Balaban J connectivity index is 1.88. The number of halogens is 1. The van der Waals surface area contributed by atoms with Crippen LogP contribution in [0, 0.1) is 5.82 Å². The molecule has 1 atom stereocenters. The van der Waals surface area contributed by atoms with Crippen molar-refractivity contribution in [2.45, 2.75) is 19.4 Å². The molecule has 0 aliphatic carbocycles. The largest absolute Gasteiger partial charge is 0.489 e. The maximum absolute atomic E-state index is 13.1. The van der Waals surface area contributed by atoms with Crippen LogP contribution in [0.15, 0.2) is 29.6 Å². The summed E-state index contributed by atoms with van der Waals surface area (Å²) in [6.45, 7) is 2.25. The van der Waals surface area contributed by atoms with Crippen LogP contribution in [0.5, 0.6) is 5.75 Å². The molecule has 5 nitrogen and oxygen atoms in total. The van der Waals surface area contributed by atoms with E-state index in [-0.39, 0.29) is 23.5 Å². The number of nitrogens with one attached hydrogen (secondary N) is 1. The highest BCUT2D eigenvalue weighted by atomic mass is 32.1. The summed E-state index contributed by atoms with van der Waals surface area (Å²) in [6, 6.07) is 5.93. The molecule has 0 spiro atoms. The number of rotatable bonds is 6. The summed E-state index contributed by atoms with van der Waals surface area (Å²) >= 11 is 1.12. The summed E-state index contributed by atoms with van der Waals surface area (Å²) in [5, 5.41) is 7.97. The van der Waals surface area contributed by atoms with Gasteiger partial charge >= 0.3 is 0 Å². The van der Waals surface area contributed by atoms with Crippen molar-refractivity contribution in [1.82, 2.24) is 14.9 Å². The van der Waals surface area contributed by atoms with Crippen molar-refractivity contribution in [1.29, 1.82) is 0 Å². The quantitative estimate of drug-likeness (QED) is 0.888. The number of hydrogen-bond acceptors (Lipinski definition) is 5. The molecule has 0 fully saturated rings.